The quantitative estimate of drug-likeness (QED) is 0.620. The van der Waals surface area contributed by atoms with Crippen LogP contribution in [-0.2, 0) is 24.3 Å². The van der Waals surface area contributed by atoms with Gasteiger partial charge in [-0.1, -0.05) is 26.0 Å². The molecule has 0 aromatic heterocycles. The first-order chi connectivity index (χ1) is 14.8. The molecular weight excluding hydrogens is 434 g/mol. The van der Waals surface area contributed by atoms with E-state index in [1.54, 1.807) is 32.9 Å². The van der Waals surface area contributed by atoms with Crippen LogP contribution in [-0.4, -0.2) is 55.9 Å². The van der Waals surface area contributed by atoms with Crippen molar-refractivity contribution in [1.29, 1.82) is 0 Å². The van der Waals surface area contributed by atoms with Crippen molar-refractivity contribution in [3.63, 3.8) is 0 Å². The van der Waals surface area contributed by atoms with Crippen LogP contribution in [0.3, 0.4) is 0 Å². The number of amides is 3. The maximum Gasteiger partial charge on any atom is 0.321 e. The standard InChI is InChI=1S/C22H33N3O6S/c1-15(2)16-6-8-18(9-7-16)32(29,30)25-12-10-17(11-13-25)20(27)31-14-19(26)23-21(28)24-22(3,4)5/h6-9,15,17H,10-14H2,1-5H3,(H2,23,24,26,28). The summed E-state index contributed by atoms with van der Waals surface area (Å²) in [7, 11) is -3.64. The van der Waals surface area contributed by atoms with E-state index >= 15 is 0 Å². The molecule has 9 nitrogen and oxygen atoms in total. The summed E-state index contributed by atoms with van der Waals surface area (Å²) in [5, 5.41) is 4.67. The molecule has 178 valence electrons. The Bertz CT molecular complexity index is 927. The van der Waals surface area contributed by atoms with Crippen LogP contribution in [0.1, 0.15) is 58.9 Å². The molecule has 0 bridgehead atoms. The van der Waals surface area contributed by atoms with Gasteiger partial charge in [-0.2, -0.15) is 4.31 Å². The van der Waals surface area contributed by atoms with Gasteiger partial charge in [0.05, 0.1) is 10.8 Å². The summed E-state index contributed by atoms with van der Waals surface area (Å²) in [5.41, 5.74) is 0.552. The number of carbonyl (C=O) groups is 3. The van der Waals surface area contributed by atoms with Crippen molar-refractivity contribution in [3.8, 4) is 0 Å². The van der Waals surface area contributed by atoms with Crippen LogP contribution in [0.4, 0.5) is 4.79 Å². The third-order valence-corrected chi connectivity index (χ3v) is 6.97. The summed E-state index contributed by atoms with van der Waals surface area (Å²) in [5.74, 6) is -1.50. The highest BCUT2D eigenvalue weighted by molar-refractivity contribution is 7.89. The lowest BCUT2D eigenvalue weighted by atomic mass is 9.98. The van der Waals surface area contributed by atoms with Crippen molar-refractivity contribution >= 4 is 27.9 Å². The van der Waals surface area contributed by atoms with Crippen LogP contribution in [0.5, 0.6) is 0 Å². The van der Waals surface area contributed by atoms with Crippen molar-refractivity contribution in [2.75, 3.05) is 19.7 Å². The minimum Gasteiger partial charge on any atom is -0.455 e. The number of sulfonamides is 1. The summed E-state index contributed by atoms with van der Waals surface area (Å²) in [6.07, 6.45) is 0.600. The molecule has 0 spiro atoms. The zero-order chi connectivity index (χ0) is 24.1. The van der Waals surface area contributed by atoms with Crippen molar-refractivity contribution in [1.82, 2.24) is 14.9 Å². The largest absolute Gasteiger partial charge is 0.455 e. The molecule has 2 rings (SSSR count). The molecule has 0 unspecified atom stereocenters. The molecule has 1 heterocycles. The van der Waals surface area contributed by atoms with Gasteiger partial charge in [-0.3, -0.25) is 14.9 Å². The Kier molecular flexibility index (Phi) is 8.41. The molecule has 1 aliphatic rings. The van der Waals surface area contributed by atoms with E-state index < -0.39 is 46.0 Å². The van der Waals surface area contributed by atoms with Gasteiger partial charge in [0.1, 0.15) is 0 Å². The fourth-order valence-corrected chi connectivity index (χ4v) is 4.76. The van der Waals surface area contributed by atoms with Crippen LogP contribution in [0.2, 0.25) is 0 Å². The van der Waals surface area contributed by atoms with Crippen LogP contribution in [0.25, 0.3) is 0 Å². The highest BCUT2D eigenvalue weighted by Gasteiger charge is 2.33. The summed E-state index contributed by atoms with van der Waals surface area (Å²) in [6, 6.07) is 6.18. The maximum atomic E-state index is 12.9. The summed E-state index contributed by atoms with van der Waals surface area (Å²) in [6.45, 7) is 9.19. The van der Waals surface area contributed by atoms with E-state index in [1.807, 2.05) is 26.0 Å². The lowest BCUT2D eigenvalue weighted by Crippen LogP contribution is -2.49. The fraction of sp³-hybridized carbons (Fsp3) is 0.591. The smallest absolute Gasteiger partial charge is 0.321 e. The van der Waals surface area contributed by atoms with Crippen molar-refractivity contribution < 1.29 is 27.5 Å². The van der Waals surface area contributed by atoms with Gasteiger partial charge in [0, 0.05) is 18.6 Å². The van der Waals surface area contributed by atoms with Crippen LogP contribution in [0, 0.1) is 5.92 Å². The second-order valence-electron chi connectivity index (χ2n) is 9.26. The van der Waals surface area contributed by atoms with E-state index in [1.165, 1.54) is 4.31 Å². The normalized spacial score (nSPS) is 15.9. The average molecular weight is 468 g/mol. The highest BCUT2D eigenvalue weighted by Crippen LogP contribution is 2.25. The van der Waals surface area contributed by atoms with Crippen LogP contribution < -0.4 is 10.6 Å². The van der Waals surface area contributed by atoms with Crippen molar-refractivity contribution in [2.24, 2.45) is 5.92 Å². The molecule has 32 heavy (non-hydrogen) atoms. The molecule has 0 radical (unpaired) electrons. The lowest BCUT2D eigenvalue weighted by molar-refractivity contribution is -0.153. The highest BCUT2D eigenvalue weighted by atomic mass is 32.2. The van der Waals surface area contributed by atoms with Crippen LogP contribution >= 0.6 is 0 Å². The van der Waals surface area contributed by atoms with E-state index in [2.05, 4.69) is 10.6 Å². The number of benzene rings is 1. The topological polar surface area (TPSA) is 122 Å². The first kappa shape index (κ1) is 25.8. The second-order valence-corrected chi connectivity index (χ2v) is 11.2. The molecule has 1 aromatic rings. The van der Waals surface area contributed by atoms with Gasteiger partial charge in [0.15, 0.2) is 6.61 Å². The number of carbonyl (C=O) groups excluding carboxylic acids is 3. The summed E-state index contributed by atoms with van der Waals surface area (Å²) in [4.78, 5) is 36.0. The van der Waals surface area contributed by atoms with Crippen LogP contribution in [0.15, 0.2) is 29.2 Å². The van der Waals surface area contributed by atoms with Crippen molar-refractivity contribution in [3.05, 3.63) is 29.8 Å². The molecular formula is C22H33N3O6S. The Morgan fingerprint density at radius 1 is 1.09 bits per heavy atom. The molecule has 1 aliphatic heterocycles. The molecule has 10 heteroatoms. The Labute approximate surface area is 189 Å². The number of rotatable bonds is 6. The Morgan fingerprint density at radius 2 is 1.66 bits per heavy atom. The van der Waals surface area contributed by atoms with Gasteiger partial charge in [-0.15, -0.1) is 0 Å². The number of piperidine rings is 1. The van der Waals surface area contributed by atoms with E-state index in [4.69, 9.17) is 4.74 Å². The SMILES string of the molecule is CC(C)c1ccc(S(=O)(=O)N2CCC(C(=O)OCC(=O)NC(=O)NC(C)(C)C)CC2)cc1. The van der Waals surface area contributed by atoms with Gasteiger partial charge in [-0.25, -0.2) is 13.2 Å². The Hall–Kier alpha value is -2.46. The van der Waals surface area contributed by atoms with E-state index in [0.717, 1.165) is 5.56 Å². The number of imide groups is 1. The van der Waals surface area contributed by atoms with Gasteiger partial charge < -0.3 is 10.1 Å². The van der Waals surface area contributed by atoms with Gasteiger partial charge in [0.25, 0.3) is 5.91 Å². The number of hydrogen-bond donors (Lipinski definition) is 2. The monoisotopic (exact) mass is 467 g/mol. The van der Waals surface area contributed by atoms with Crippen molar-refractivity contribution in [2.45, 2.75) is 63.8 Å². The zero-order valence-corrected chi connectivity index (χ0v) is 20.1. The second kappa shape index (κ2) is 10.4. The predicted molar refractivity (Wildman–Crippen MR) is 119 cm³/mol. The Balaban J connectivity index is 1.83. The molecule has 0 aliphatic carbocycles. The predicted octanol–water partition coefficient (Wildman–Crippen LogP) is 2.38. The first-order valence-electron chi connectivity index (χ1n) is 10.7. The number of esters is 1. The van der Waals surface area contributed by atoms with Gasteiger partial charge in [0.2, 0.25) is 10.0 Å². The number of urea groups is 1. The van der Waals surface area contributed by atoms with E-state index in [-0.39, 0.29) is 18.0 Å². The minimum atomic E-state index is -3.64. The number of hydrogen-bond acceptors (Lipinski definition) is 6. The molecule has 2 N–H and O–H groups in total. The molecule has 1 saturated heterocycles. The minimum absolute atomic E-state index is 0.189. The molecule has 0 atom stereocenters. The summed E-state index contributed by atoms with van der Waals surface area (Å²) >= 11 is 0. The van der Waals surface area contributed by atoms with Gasteiger partial charge in [-0.05, 0) is 57.2 Å². The number of ether oxygens (including phenoxy) is 1. The number of nitrogens with zero attached hydrogens (tertiary/aromatic N) is 1. The summed E-state index contributed by atoms with van der Waals surface area (Å²) < 4.78 is 32.1. The average Bonchev–Trinajstić information content (AvgIpc) is 2.70. The molecule has 1 fully saturated rings. The van der Waals surface area contributed by atoms with E-state index in [9.17, 15) is 22.8 Å². The fourth-order valence-electron chi connectivity index (χ4n) is 3.29. The first-order valence-corrected chi connectivity index (χ1v) is 12.1. The number of nitrogens with one attached hydrogen (secondary N) is 2. The van der Waals surface area contributed by atoms with E-state index in [0.29, 0.717) is 18.8 Å². The molecule has 3 amide bonds. The molecule has 0 saturated carbocycles. The third-order valence-electron chi connectivity index (χ3n) is 5.06. The van der Waals surface area contributed by atoms with Gasteiger partial charge >= 0.3 is 12.0 Å². The lowest BCUT2D eigenvalue weighted by Gasteiger charge is -2.30. The third kappa shape index (κ3) is 7.30. The molecule has 1 aromatic carbocycles. The zero-order valence-electron chi connectivity index (χ0n) is 19.3. The Morgan fingerprint density at radius 3 is 2.16 bits per heavy atom. The maximum absolute atomic E-state index is 12.9.